The number of nitrogens with one attached hydrogen (secondary N) is 1. The highest BCUT2D eigenvalue weighted by Crippen LogP contribution is 2.35. The number of carbonyl (C=O) groups is 1. The molecule has 0 spiro atoms. The Morgan fingerprint density at radius 3 is 2.51 bits per heavy atom. The number of hydrogen-bond donors (Lipinski definition) is 1. The van der Waals surface area contributed by atoms with Crippen molar-refractivity contribution in [3.63, 3.8) is 0 Å². The monoisotopic (exact) mass is 467 g/mol. The Morgan fingerprint density at radius 2 is 1.77 bits per heavy atom. The van der Waals surface area contributed by atoms with Crippen molar-refractivity contribution in [1.82, 2.24) is 24.8 Å². The molecule has 0 bridgehead atoms. The molecule has 0 radical (unpaired) electrons. The SMILES string of the molecule is Cc1ncnc2ccc(-c3c(C#N)nc(NC(=O)N4CCCCC4)nc3-c3ccc(F)cc3)cc12. The van der Waals surface area contributed by atoms with Crippen molar-refractivity contribution in [3.8, 4) is 28.5 Å². The lowest BCUT2D eigenvalue weighted by molar-refractivity contribution is 0.200. The van der Waals surface area contributed by atoms with Crippen molar-refractivity contribution in [2.45, 2.75) is 26.2 Å². The molecule has 1 fully saturated rings. The van der Waals surface area contributed by atoms with Gasteiger partial charge in [0.1, 0.15) is 18.2 Å². The fourth-order valence-corrected chi connectivity index (χ4v) is 4.30. The lowest BCUT2D eigenvalue weighted by atomic mass is 9.96. The topological polar surface area (TPSA) is 108 Å². The van der Waals surface area contributed by atoms with Gasteiger partial charge in [-0.1, -0.05) is 6.07 Å². The van der Waals surface area contributed by atoms with E-state index in [2.05, 4.69) is 31.3 Å². The molecule has 1 aliphatic heterocycles. The van der Waals surface area contributed by atoms with Gasteiger partial charge in [0, 0.05) is 35.3 Å². The first kappa shape index (κ1) is 22.3. The van der Waals surface area contributed by atoms with E-state index in [0.717, 1.165) is 35.9 Å². The van der Waals surface area contributed by atoms with E-state index in [1.165, 1.54) is 18.5 Å². The second-order valence-electron chi connectivity index (χ2n) is 8.41. The number of anilines is 1. The van der Waals surface area contributed by atoms with Crippen molar-refractivity contribution in [3.05, 3.63) is 66.0 Å². The van der Waals surface area contributed by atoms with Crippen molar-refractivity contribution >= 4 is 22.9 Å². The third-order valence-electron chi connectivity index (χ3n) is 6.12. The van der Waals surface area contributed by atoms with Crippen LogP contribution in [-0.2, 0) is 0 Å². The maximum absolute atomic E-state index is 13.7. The van der Waals surface area contributed by atoms with Gasteiger partial charge < -0.3 is 4.90 Å². The van der Waals surface area contributed by atoms with Crippen LogP contribution < -0.4 is 5.32 Å². The van der Waals surface area contributed by atoms with Crippen LogP contribution in [0.2, 0.25) is 0 Å². The van der Waals surface area contributed by atoms with E-state index in [1.807, 2.05) is 25.1 Å². The quantitative estimate of drug-likeness (QED) is 0.450. The number of carbonyl (C=O) groups excluding carboxylic acids is 1. The van der Waals surface area contributed by atoms with Crippen molar-refractivity contribution in [2.75, 3.05) is 18.4 Å². The van der Waals surface area contributed by atoms with Gasteiger partial charge in [-0.2, -0.15) is 5.26 Å². The normalized spacial score (nSPS) is 13.5. The number of aryl methyl sites for hydroxylation is 1. The molecule has 9 heteroatoms. The molecule has 1 aliphatic rings. The highest BCUT2D eigenvalue weighted by molar-refractivity contribution is 5.93. The van der Waals surface area contributed by atoms with Crippen LogP contribution in [0.4, 0.5) is 15.1 Å². The maximum Gasteiger partial charge on any atom is 0.324 e. The van der Waals surface area contributed by atoms with Crippen molar-refractivity contribution in [1.29, 1.82) is 5.26 Å². The number of rotatable bonds is 3. The second kappa shape index (κ2) is 9.43. The molecular formula is C26H22FN7O. The highest BCUT2D eigenvalue weighted by atomic mass is 19.1. The molecule has 1 N–H and O–H groups in total. The first-order valence-corrected chi connectivity index (χ1v) is 11.4. The van der Waals surface area contributed by atoms with Crippen LogP contribution >= 0.6 is 0 Å². The number of aromatic nitrogens is 4. The summed E-state index contributed by atoms with van der Waals surface area (Å²) in [7, 11) is 0. The van der Waals surface area contributed by atoms with Crippen LogP contribution in [0.3, 0.4) is 0 Å². The summed E-state index contributed by atoms with van der Waals surface area (Å²) in [6.07, 6.45) is 4.49. The van der Waals surface area contributed by atoms with Crippen molar-refractivity contribution in [2.24, 2.45) is 0 Å². The van der Waals surface area contributed by atoms with Crippen LogP contribution in [0.5, 0.6) is 0 Å². The molecule has 1 saturated heterocycles. The van der Waals surface area contributed by atoms with Gasteiger partial charge in [-0.05, 0) is 68.1 Å². The second-order valence-corrected chi connectivity index (χ2v) is 8.41. The molecular weight excluding hydrogens is 445 g/mol. The average molecular weight is 468 g/mol. The summed E-state index contributed by atoms with van der Waals surface area (Å²) in [5, 5.41) is 13.6. The average Bonchev–Trinajstić information content (AvgIpc) is 2.89. The molecule has 0 unspecified atom stereocenters. The molecule has 5 rings (SSSR count). The number of fused-ring (bicyclic) bond motifs is 1. The van der Waals surface area contributed by atoms with E-state index in [4.69, 9.17) is 0 Å². The van der Waals surface area contributed by atoms with E-state index in [9.17, 15) is 14.4 Å². The van der Waals surface area contributed by atoms with E-state index < -0.39 is 0 Å². The molecule has 35 heavy (non-hydrogen) atoms. The van der Waals surface area contributed by atoms with Gasteiger partial charge in [-0.3, -0.25) is 5.32 Å². The van der Waals surface area contributed by atoms with Crippen LogP contribution in [0.1, 0.15) is 30.7 Å². The number of nitriles is 1. The fraction of sp³-hybridized carbons (Fsp3) is 0.231. The standard InChI is InChI=1S/C26H22FN7O/c1-16-20-13-18(7-10-21(20)30-15-29-16)23-22(14-28)31-25(33-26(35)34-11-3-2-4-12-34)32-24(23)17-5-8-19(27)9-6-17/h5-10,13,15H,2-4,11-12H2,1H3,(H,31,32,33,35). The van der Waals surface area contributed by atoms with Crippen LogP contribution in [0, 0.1) is 24.1 Å². The molecule has 4 aromatic rings. The van der Waals surface area contributed by atoms with E-state index in [-0.39, 0.29) is 23.5 Å². The molecule has 2 aromatic heterocycles. The van der Waals surface area contributed by atoms with Gasteiger partial charge in [0.2, 0.25) is 5.95 Å². The molecule has 8 nitrogen and oxygen atoms in total. The molecule has 2 aromatic carbocycles. The summed E-state index contributed by atoms with van der Waals surface area (Å²) in [5.41, 5.74) is 3.86. The Balaban J connectivity index is 1.65. The summed E-state index contributed by atoms with van der Waals surface area (Å²) >= 11 is 0. The van der Waals surface area contributed by atoms with Crippen molar-refractivity contribution < 1.29 is 9.18 Å². The Labute approximate surface area is 201 Å². The molecule has 0 aliphatic carbocycles. The number of piperidine rings is 1. The number of hydrogen-bond acceptors (Lipinski definition) is 6. The van der Waals surface area contributed by atoms with E-state index >= 15 is 0 Å². The van der Waals surface area contributed by atoms with Gasteiger partial charge >= 0.3 is 6.03 Å². The third kappa shape index (κ3) is 4.51. The Hall–Kier alpha value is -4.45. The maximum atomic E-state index is 13.7. The van der Waals surface area contributed by atoms with Gasteiger partial charge in [-0.25, -0.2) is 29.1 Å². The minimum Gasteiger partial charge on any atom is -0.324 e. The van der Waals surface area contributed by atoms with Crippen LogP contribution in [-0.4, -0.2) is 44.0 Å². The zero-order chi connectivity index (χ0) is 24.4. The number of benzene rings is 2. The Bertz CT molecular complexity index is 1460. The number of nitrogens with zero attached hydrogens (tertiary/aromatic N) is 6. The Kier molecular flexibility index (Phi) is 6.02. The number of urea groups is 1. The predicted octanol–water partition coefficient (Wildman–Crippen LogP) is 5.09. The summed E-state index contributed by atoms with van der Waals surface area (Å²) in [6, 6.07) is 13.3. The molecule has 174 valence electrons. The lowest BCUT2D eigenvalue weighted by Gasteiger charge is -2.26. The summed E-state index contributed by atoms with van der Waals surface area (Å²) in [5.74, 6) is -0.359. The Morgan fingerprint density at radius 1 is 1.03 bits per heavy atom. The van der Waals surface area contributed by atoms with E-state index in [0.29, 0.717) is 35.5 Å². The minimum absolute atomic E-state index is 0.0282. The predicted molar refractivity (Wildman–Crippen MR) is 130 cm³/mol. The molecule has 3 heterocycles. The molecule has 0 saturated carbocycles. The van der Waals surface area contributed by atoms with Crippen LogP contribution in [0.25, 0.3) is 33.3 Å². The summed E-state index contributed by atoms with van der Waals surface area (Å²) in [6.45, 7) is 3.21. The van der Waals surface area contributed by atoms with Gasteiger partial charge in [0.15, 0.2) is 5.69 Å². The summed E-state index contributed by atoms with van der Waals surface area (Å²) < 4.78 is 13.7. The first-order chi connectivity index (χ1) is 17.0. The molecule has 2 amide bonds. The smallest absolute Gasteiger partial charge is 0.324 e. The van der Waals surface area contributed by atoms with Gasteiger partial charge in [-0.15, -0.1) is 0 Å². The molecule has 0 atom stereocenters. The van der Waals surface area contributed by atoms with Gasteiger partial charge in [0.05, 0.1) is 11.2 Å². The minimum atomic E-state index is -0.387. The zero-order valence-corrected chi connectivity index (χ0v) is 19.1. The highest BCUT2D eigenvalue weighted by Gasteiger charge is 2.22. The largest absolute Gasteiger partial charge is 0.324 e. The third-order valence-corrected chi connectivity index (χ3v) is 6.12. The zero-order valence-electron chi connectivity index (χ0n) is 19.1. The number of amides is 2. The fourth-order valence-electron chi connectivity index (χ4n) is 4.30. The van der Waals surface area contributed by atoms with Crippen LogP contribution in [0.15, 0.2) is 48.8 Å². The van der Waals surface area contributed by atoms with Gasteiger partial charge in [0.25, 0.3) is 0 Å². The number of likely N-dealkylation sites (tertiary alicyclic amines) is 1. The van der Waals surface area contributed by atoms with E-state index in [1.54, 1.807) is 17.0 Å². The number of halogens is 1. The summed E-state index contributed by atoms with van der Waals surface area (Å²) in [4.78, 5) is 32.1. The first-order valence-electron chi connectivity index (χ1n) is 11.4. The lowest BCUT2D eigenvalue weighted by Crippen LogP contribution is -2.39.